The van der Waals surface area contributed by atoms with Gasteiger partial charge in [-0.2, -0.15) is 11.8 Å². The van der Waals surface area contributed by atoms with E-state index in [1.807, 2.05) is 24.8 Å². The molecule has 0 aromatic heterocycles. The zero-order chi connectivity index (χ0) is 12.8. The van der Waals surface area contributed by atoms with Crippen LogP contribution in [0.3, 0.4) is 0 Å². The number of hydrogen-bond acceptors (Lipinski definition) is 3. The molecule has 2 aliphatic rings. The maximum Gasteiger partial charge on any atom is 0.246 e. The van der Waals surface area contributed by atoms with Crippen LogP contribution in [-0.2, 0) is 4.79 Å². The number of nitrogens with zero attached hydrogens (tertiary/aromatic N) is 2. The number of allylic oxidation sites excluding steroid dienone is 1. The molecule has 2 aliphatic heterocycles. The third-order valence-corrected chi connectivity index (χ3v) is 4.90. The molecule has 18 heavy (non-hydrogen) atoms. The second-order valence-electron chi connectivity index (χ2n) is 5.12. The van der Waals surface area contributed by atoms with Crippen molar-refractivity contribution in [3.8, 4) is 0 Å². The first-order valence-electron chi connectivity index (χ1n) is 7.04. The Morgan fingerprint density at radius 3 is 2.78 bits per heavy atom. The van der Waals surface area contributed by atoms with E-state index in [2.05, 4.69) is 9.80 Å². The van der Waals surface area contributed by atoms with Crippen molar-refractivity contribution in [3.63, 3.8) is 0 Å². The van der Waals surface area contributed by atoms with Crippen molar-refractivity contribution in [2.45, 2.75) is 32.2 Å². The first kappa shape index (κ1) is 13.9. The summed E-state index contributed by atoms with van der Waals surface area (Å²) < 4.78 is 0. The molecular formula is C14H24N2OS. The molecule has 0 aromatic rings. The number of hydrogen-bond donors (Lipinski definition) is 0. The van der Waals surface area contributed by atoms with E-state index in [0.717, 1.165) is 25.3 Å². The van der Waals surface area contributed by atoms with Crippen LogP contribution in [0.2, 0.25) is 0 Å². The Balaban J connectivity index is 1.98. The zero-order valence-electron chi connectivity index (χ0n) is 11.3. The molecule has 2 heterocycles. The number of carbonyl (C=O) groups excluding carboxylic acids is 1. The van der Waals surface area contributed by atoms with E-state index < -0.39 is 0 Å². The van der Waals surface area contributed by atoms with Gasteiger partial charge in [0.05, 0.1) is 6.04 Å². The summed E-state index contributed by atoms with van der Waals surface area (Å²) in [7, 11) is 0. The smallest absolute Gasteiger partial charge is 0.246 e. The van der Waals surface area contributed by atoms with Gasteiger partial charge in [0.15, 0.2) is 0 Å². The number of thioether (sulfide) groups is 1. The molecule has 0 N–H and O–H groups in total. The quantitative estimate of drug-likeness (QED) is 0.731. The molecule has 1 amide bonds. The molecule has 0 spiro atoms. The molecule has 0 saturated carbocycles. The van der Waals surface area contributed by atoms with Gasteiger partial charge in [0.25, 0.3) is 0 Å². The molecule has 0 radical (unpaired) electrons. The van der Waals surface area contributed by atoms with Crippen molar-refractivity contribution in [3.05, 3.63) is 12.2 Å². The van der Waals surface area contributed by atoms with Crippen LogP contribution >= 0.6 is 11.8 Å². The van der Waals surface area contributed by atoms with Crippen LogP contribution in [0.5, 0.6) is 0 Å². The van der Waals surface area contributed by atoms with E-state index in [4.69, 9.17) is 0 Å². The van der Waals surface area contributed by atoms with Gasteiger partial charge in [-0.15, -0.1) is 0 Å². The molecule has 0 unspecified atom stereocenters. The van der Waals surface area contributed by atoms with Gasteiger partial charge < -0.3 is 9.80 Å². The number of amides is 1. The fraction of sp³-hybridized carbons (Fsp3) is 0.786. The third kappa shape index (κ3) is 3.75. The Bertz CT molecular complexity index is 300. The lowest BCUT2D eigenvalue weighted by Gasteiger charge is -2.32. The van der Waals surface area contributed by atoms with Crippen LogP contribution in [0.15, 0.2) is 12.2 Å². The largest absolute Gasteiger partial charge is 0.334 e. The number of likely N-dealkylation sites (tertiary alicyclic amines) is 1. The second kappa shape index (κ2) is 7.19. The Hall–Kier alpha value is -0.480. The Morgan fingerprint density at radius 2 is 2.06 bits per heavy atom. The molecule has 1 atom stereocenters. The molecule has 3 nitrogen and oxygen atoms in total. The number of carbonyl (C=O) groups is 1. The van der Waals surface area contributed by atoms with Crippen molar-refractivity contribution < 1.29 is 4.79 Å². The standard InChI is InChI=1S/C14H24N2OS/c1-2-6-14(17)16-9-5-10-18-12-13(16)11-15-7-3-4-8-15/h2,6,13H,3-5,7-12H2,1H3/b6-2+/t13-/m0/s1. The van der Waals surface area contributed by atoms with Crippen LogP contribution in [0.4, 0.5) is 0 Å². The topological polar surface area (TPSA) is 23.6 Å². The summed E-state index contributed by atoms with van der Waals surface area (Å²) in [5.74, 6) is 2.49. The van der Waals surface area contributed by atoms with Gasteiger partial charge >= 0.3 is 0 Å². The van der Waals surface area contributed by atoms with E-state index in [1.54, 1.807) is 6.08 Å². The Morgan fingerprint density at radius 1 is 1.28 bits per heavy atom. The van der Waals surface area contributed by atoms with Gasteiger partial charge in [-0.05, 0) is 51.1 Å². The van der Waals surface area contributed by atoms with Crippen LogP contribution in [0.1, 0.15) is 26.2 Å². The molecule has 0 bridgehead atoms. The van der Waals surface area contributed by atoms with E-state index in [1.165, 1.54) is 31.7 Å². The highest BCUT2D eigenvalue weighted by molar-refractivity contribution is 7.99. The highest BCUT2D eigenvalue weighted by atomic mass is 32.2. The minimum absolute atomic E-state index is 0.198. The fourth-order valence-corrected chi connectivity index (χ4v) is 3.83. The van der Waals surface area contributed by atoms with Crippen LogP contribution < -0.4 is 0 Å². The average molecular weight is 268 g/mol. The lowest BCUT2D eigenvalue weighted by molar-refractivity contribution is -0.128. The SMILES string of the molecule is C/C=C/C(=O)N1CCCSC[C@@H]1CN1CCCC1. The van der Waals surface area contributed by atoms with Crippen molar-refractivity contribution >= 4 is 17.7 Å². The van der Waals surface area contributed by atoms with Gasteiger partial charge in [0.1, 0.15) is 0 Å². The maximum atomic E-state index is 12.1. The van der Waals surface area contributed by atoms with Crippen molar-refractivity contribution in [2.75, 3.05) is 37.7 Å². The van der Waals surface area contributed by atoms with Crippen molar-refractivity contribution in [2.24, 2.45) is 0 Å². The predicted molar refractivity (Wildman–Crippen MR) is 77.9 cm³/mol. The normalized spacial score (nSPS) is 26.7. The second-order valence-corrected chi connectivity index (χ2v) is 6.27. The highest BCUT2D eigenvalue weighted by Gasteiger charge is 2.27. The molecule has 0 aliphatic carbocycles. The van der Waals surface area contributed by atoms with Gasteiger partial charge in [-0.3, -0.25) is 4.79 Å². The van der Waals surface area contributed by atoms with Gasteiger partial charge in [-0.25, -0.2) is 0 Å². The number of rotatable bonds is 3. The molecule has 102 valence electrons. The van der Waals surface area contributed by atoms with E-state index in [9.17, 15) is 4.79 Å². The van der Waals surface area contributed by atoms with Crippen LogP contribution in [-0.4, -0.2) is 59.4 Å². The monoisotopic (exact) mass is 268 g/mol. The molecule has 4 heteroatoms. The first-order chi connectivity index (χ1) is 8.81. The van der Waals surface area contributed by atoms with E-state index >= 15 is 0 Å². The first-order valence-corrected chi connectivity index (χ1v) is 8.20. The molecule has 2 rings (SSSR count). The van der Waals surface area contributed by atoms with Crippen molar-refractivity contribution in [1.82, 2.24) is 9.80 Å². The summed E-state index contributed by atoms with van der Waals surface area (Å²) in [4.78, 5) is 16.8. The summed E-state index contributed by atoms with van der Waals surface area (Å²) in [5.41, 5.74) is 0. The Labute approximate surface area is 115 Å². The molecular weight excluding hydrogens is 244 g/mol. The van der Waals surface area contributed by atoms with Crippen LogP contribution in [0, 0.1) is 0 Å². The summed E-state index contributed by atoms with van der Waals surface area (Å²) in [6.07, 6.45) is 7.34. The maximum absolute atomic E-state index is 12.1. The van der Waals surface area contributed by atoms with Crippen molar-refractivity contribution in [1.29, 1.82) is 0 Å². The summed E-state index contributed by atoms with van der Waals surface area (Å²) in [5, 5.41) is 0. The van der Waals surface area contributed by atoms with Gasteiger partial charge in [-0.1, -0.05) is 6.08 Å². The summed E-state index contributed by atoms with van der Waals surface area (Å²) >= 11 is 2.00. The third-order valence-electron chi connectivity index (χ3n) is 3.70. The van der Waals surface area contributed by atoms with Crippen LogP contribution in [0.25, 0.3) is 0 Å². The zero-order valence-corrected chi connectivity index (χ0v) is 12.1. The lowest BCUT2D eigenvalue weighted by atomic mass is 10.2. The predicted octanol–water partition coefficient (Wildman–Crippen LogP) is 1.99. The van der Waals surface area contributed by atoms with Gasteiger partial charge in [0.2, 0.25) is 5.91 Å². The minimum Gasteiger partial charge on any atom is -0.334 e. The van der Waals surface area contributed by atoms with E-state index in [-0.39, 0.29) is 5.91 Å². The Kier molecular flexibility index (Phi) is 5.57. The average Bonchev–Trinajstić information content (AvgIpc) is 2.74. The summed E-state index contributed by atoms with van der Waals surface area (Å²) in [6.45, 7) is 6.34. The lowest BCUT2D eigenvalue weighted by Crippen LogP contribution is -2.47. The van der Waals surface area contributed by atoms with Gasteiger partial charge in [0, 0.05) is 18.8 Å². The molecule has 2 fully saturated rings. The fourth-order valence-electron chi connectivity index (χ4n) is 2.77. The minimum atomic E-state index is 0.198. The molecule has 0 aromatic carbocycles. The summed E-state index contributed by atoms with van der Waals surface area (Å²) in [6, 6.07) is 0.402. The molecule has 2 saturated heterocycles. The highest BCUT2D eigenvalue weighted by Crippen LogP contribution is 2.19. The van der Waals surface area contributed by atoms with E-state index in [0.29, 0.717) is 6.04 Å².